The molecule has 10 heteroatoms. The Hall–Kier alpha value is -3.05. The molecule has 0 spiro atoms. The number of rotatable bonds is 16. The average Bonchev–Trinajstić information content (AvgIpc) is 3.02. The third-order valence-corrected chi connectivity index (χ3v) is 10.4. The van der Waals surface area contributed by atoms with E-state index in [1.165, 1.54) is 0 Å². The molecular formula is C33H47N3O6S. The van der Waals surface area contributed by atoms with Crippen LogP contribution in [0.3, 0.4) is 0 Å². The molecule has 4 N–H and O–H groups in total. The van der Waals surface area contributed by atoms with Crippen molar-refractivity contribution in [1.29, 1.82) is 0 Å². The lowest BCUT2D eigenvalue weighted by molar-refractivity contribution is -0.203. The Morgan fingerprint density at radius 3 is 2.33 bits per heavy atom. The third kappa shape index (κ3) is 9.47. The zero-order valence-corrected chi connectivity index (χ0v) is 26.4. The second kappa shape index (κ2) is 16.7. The number of nitrogens with one attached hydrogen (secondary N) is 2. The minimum Gasteiger partial charge on any atom is -0.350 e. The molecule has 1 aliphatic heterocycles. The molecule has 2 aromatic rings. The van der Waals surface area contributed by atoms with Gasteiger partial charge in [0.1, 0.15) is 4.75 Å². The van der Waals surface area contributed by atoms with E-state index in [2.05, 4.69) is 10.9 Å². The summed E-state index contributed by atoms with van der Waals surface area (Å²) in [6, 6.07) is 18.5. The van der Waals surface area contributed by atoms with Gasteiger partial charge >= 0.3 is 0 Å². The van der Waals surface area contributed by atoms with Gasteiger partial charge in [0, 0.05) is 13.0 Å². The van der Waals surface area contributed by atoms with Crippen LogP contribution in [0.5, 0.6) is 0 Å². The van der Waals surface area contributed by atoms with Gasteiger partial charge in [-0.1, -0.05) is 100 Å². The number of sulfone groups is 1. The Morgan fingerprint density at radius 2 is 1.74 bits per heavy atom. The summed E-state index contributed by atoms with van der Waals surface area (Å²) in [4.78, 5) is 33.6. The number of carbonyl (C=O) groups is 2. The molecule has 0 radical (unpaired) electrons. The van der Waals surface area contributed by atoms with Gasteiger partial charge in [-0.2, -0.15) is 0 Å². The third-order valence-electron chi connectivity index (χ3n) is 7.87. The highest BCUT2D eigenvalue weighted by atomic mass is 32.2. The first-order chi connectivity index (χ1) is 20.6. The predicted octanol–water partition coefficient (Wildman–Crippen LogP) is 4.74. The van der Waals surface area contributed by atoms with Crippen molar-refractivity contribution in [3.8, 4) is 0 Å². The first kappa shape index (κ1) is 34.4. The largest absolute Gasteiger partial charge is 0.350 e. The van der Waals surface area contributed by atoms with Crippen molar-refractivity contribution in [2.24, 2.45) is 23.6 Å². The van der Waals surface area contributed by atoms with Gasteiger partial charge in [-0.15, -0.1) is 0 Å². The predicted molar refractivity (Wildman–Crippen MR) is 169 cm³/mol. The second-order valence-corrected chi connectivity index (χ2v) is 14.0. The molecule has 1 aliphatic rings. The normalized spacial score (nSPS) is 18.6. The Morgan fingerprint density at radius 1 is 1.07 bits per heavy atom. The summed E-state index contributed by atoms with van der Waals surface area (Å²) < 4.78 is 33.3. The maximum absolute atomic E-state index is 14.7. The van der Waals surface area contributed by atoms with Gasteiger partial charge in [0.2, 0.25) is 11.8 Å². The highest BCUT2D eigenvalue weighted by molar-refractivity contribution is 7.93. The summed E-state index contributed by atoms with van der Waals surface area (Å²) in [6.07, 6.45) is 6.25. The summed E-state index contributed by atoms with van der Waals surface area (Å²) in [5.74, 6) is 1.68. The monoisotopic (exact) mass is 613 g/mol. The van der Waals surface area contributed by atoms with E-state index in [0.717, 1.165) is 18.4 Å². The molecule has 1 heterocycles. The molecule has 2 amide bonds. The SMILES string of the molecule is CCCCS(=O)(=O)C(/C=C/c1ccccc1)(Cc1ccccc1)[C@H](C(=O)NOC1CCCCO1)[C@@H](CC(C)C)C(=O)NN. The van der Waals surface area contributed by atoms with Gasteiger partial charge < -0.3 is 4.74 Å². The molecule has 9 nitrogen and oxygen atoms in total. The number of ether oxygens (including phenoxy) is 1. The van der Waals surface area contributed by atoms with Crippen molar-refractivity contribution in [1.82, 2.24) is 10.9 Å². The van der Waals surface area contributed by atoms with Gasteiger partial charge in [-0.25, -0.2) is 24.6 Å². The molecule has 0 bridgehead atoms. The van der Waals surface area contributed by atoms with Gasteiger partial charge in [0.05, 0.1) is 17.6 Å². The number of nitrogens with two attached hydrogens (primary N) is 1. The number of hydrogen-bond acceptors (Lipinski definition) is 7. The summed E-state index contributed by atoms with van der Waals surface area (Å²) >= 11 is 0. The molecular weight excluding hydrogens is 566 g/mol. The van der Waals surface area contributed by atoms with Crippen molar-refractivity contribution in [2.45, 2.75) is 76.8 Å². The molecule has 1 fully saturated rings. The van der Waals surface area contributed by atoms with E-state index in [0.29, 0.717) is 31.4 Å². The minimum atomic E-state index is -4.08. The molecule has 0 aromatic heterocycles. The molecule has 43 heavy (non-hydrogen) atoms. The van der Waals surface area contributed by atoms with Crippen LogP contribution in [-0.4, -0.2) is 43.6 Å². The van der Waals surface area contributed by atoms with E-state index in [-0.39, 0.29) is 24.5 Å². The first-order valence-corrected chi connectivity index (χ1v) is 16.9. The number of hydrogen-bond donors (Lipinski definition) is 3. The van der Waals surface area contributed by atoms with Crippen molar-refractivity contribution in [2.75, 3.05) is 12.4 Å². The van der Waals surface area contributed by atoms with E-state index in [1.54, 1.807) is 12.2 Å². The number of hydrazine groups is 1. The molecule has 2 aromatic carbocycles. The van der Waals surface area contributed by atoms with Crippen molar-refractivity contribution in [3.05, 3.63) is 77.9 Å². The zero-order valence-electron chi connectivity index (χ0n) is 25.5. The molecule has 0 aliphatic carbocycles. The van der Waals surface area contributed by atoms with E-state index in [1.807, 2.05) is 81.4 Å². The maximum Gasteiger partial charge on any atom is 0.249 e. The van der Waals surface area contributed by atoms with Crippen molar-refractivity contribution < 1.29 is 27.6 Å². The Bertz CT molecular complexity index is 1280. The number of amides is 2. The van der Waals surface area contributed by atoms with Gasteiger partial charge in [-0.05, 0) is 49.1 Å². The Kier molecular flexibility index (Phi) is 13.4. The first-order valence-electron chi connectivity index (χ1n) is 15.2. The zero-order chi connectivity index (χ0) is 31.3. The van der Waals surface area contributed by atoms with E-state index < -0.39 is 44.5 Å². The van der Waals surface area contributed by atoms with Crippen LogP contribution in [0, 0.1) is 17.8 Å². The number of carbonyl (C=O) groups excluding carboxylic acids is 2. The van der Waals surface area contributed by atoms with Gasteiger partial charge in [-0.3, -0.25) is 15.0 Å². The van der Waals surface area contributed by atoms with Crippen LogP contribution in [0.2, 0.25) is 0 Å². The smallest absolute Gasteiger partial charge is 0.249 e. The van der Waals surface area contributed by atoms with Crippen LogP contribution in [0.15, 0.2) is 66.7 Å². The molecule has 0 saturated carbocycles. The van der Waals surface area contributed by atoms with Crippen LogP contribution in [0.25, 0.3) is 6.08 Å². The lowest BCUT2D eigenvalue weighted by Gasteiger charge is -2.41. The maximum atomic E-state index is 14.7. The topological polar surface area (TPSA) is 137 Å². The highest BCUT2D eigenvalue weighted by Gasteiger charge is 2.55. The van der Waals surface area contributed by atoms with Crippen molar-refractivity contribution >= 4 is 27.7 Å². The fourth-order valence-electron chi connectivity index (χ4n) is 5.67. The average molecular weight is 614 g/mol. The van der Waals surface area contributed by atoms with Crippen LogP contribution in [0.1, 0.15) is 70.4 Å². The molecule has 4 atom stereocenters. The van der Waals surface area contributed by atoms with Gasteiger partial charge in [0.15, 0.2) is 16.1 Å². The van der Waals surface area contributed by atoms with E-state index in [9.17, 15) is 18.0 Å². The summed E-state index contributed by atoms with van der Waals surface area (Å²) in [6.45, 7) is 6.25. The van der Waals surface area contributed by atoms with E-state index in [4.69, 9.17) is 15.4 Å². The van der Waals surface area contributed by atoms with Crippen LogP contribution < -0.4 is 16.7 Å². The van der Waals surface area contributed by atoms with Crippen LogP contribution in [0.4, 0.5) is 0 Å². The quantitative estimate of drug-likeness (QED) is 0.141. The second-order valence-electron chi connectivity index (χ2n) is 11.6. The molecule has 1 saturated heterocycles. The Labute approximate surface area is 256 Å². The Balaban J connectivity index is 2.29. The summed E-state index contributed by atoms with van der Waals surface area (Å²) in [5, 5.41) is 0. The van der Waals surface area contributed by atoms with E-state index >= 15 is 0 Å². The minimum absolute atomic E-state index is 0.0340. The van der Waals surface area contributed by atoms with Crippen LogP contribution >= 0.6 is 0 Å². The molecule has 3 rings (SSSR count). The number of benzene rings is 2. The molecule has 236 valence electrons. The number of hydroxylamine groups is 1. The fourth-order valence-corrected chi connectivity index (χ4v) is 8.04. The standard InChI is InChI=1S/C33H47N3O6S/c1-4-5-22-43(39,40)33(24-27-16-10-7-11-17-27,20-19-26-14-8-6-9-15-26)30(28(23-25(2)3)31(37)35-34)32(38)36-42-29-18-12-13-21-41-29/h6-11,14-17,19-20,25,28-30H,4-5,12-13,18,21-24,34H2,1-3H3,(H,35,37)(H,36,38)/b20-19+/t28-,29?,30+,33?/m1/s1. The fraction of sp³-hybridized carbons (Fsp3) is 0.515. The lowest BCUT2D eigenvalue weighted by atomic mass is 9.73. The lowest BCUT2D eigenvalue weighted by Crippen LogP contribution is -2.59. The summed E-state index contributed by atoms with van der Waals surface area (Å²) in [5.41, 5.74) is 6.21. The number of unbranched alkanes of at least 4 members (excludes halogenated alkanes) is 1. The van der Waals surface area contributed by atoms with Crippen LogP contribution in [-0.2, 0) is 35.4 Å². The van der Waals surface area contributed by atoms with Gasteiger partial charge in [0.25, 0.3) is 0 Å². The summed E-state index contributed by atoms with van der Waals surface area (Å²) in [7, 11) is -4.08. The molecule has 2 unspecified atom stereocenters. The highest BCUT2D eigenvalue weighted by Crippen LogP contribution is 2.41. The van der Waals surface area contributed by atoms with Crippen molar-refractivity contribution in [3.63, 3.8) is 0 Å².